The van der Waals surface area contributed by atoms with Crippen molar-refractivity contribution in [3.63, 3.8) is 0 Å². The molecule has 0 bridgehead atoms. The van der Waals surface area contributed by atoms with Gasteiger partial charge in [-0.2, -0.15) is 0 Å². The van der Waals surface area contributed by atoms with Crippen LogP contribution in [0.1, 0.15) is 45.9 Å². The summed E-state index contributed by atoms with van der Waals surface area (Å²) in [6, 6.07) is 4.08. The Balaban J connectivity index is 0.000000921. The number of pyridine rings is 1. The fourth-order valence-corrected chi connectivity index (χ4v) is 1.06. The first-order valence-electron chi connectivity index (χ1n) is 5.71. The number of hydrogen-bond donors (Lipinski definition) is 0. The van der Waals surface area contributed by atoms with Crippen molar-refractivity contribution < 1.29 is 0 Å². The van der Waals surface area contributed by atoms with Gasteiger partial charge in [0.25, 0.3) is 0 Å². The molecule has 1 aromatic rings. The maximum absolute atomic E-state index is 4.25. The van der Waals surface area contributed by atoms with E-state index in [0.717, 1.165) is 5.69 Å². The summed E-state index contributed by atoms with van der Waals surface area (Å²) in [4.78, 5) is 4.25. The van der Waals surface area contributed by atoms with Crippen molar-refractivity contribution in [3.8, 4) is 0 Å². The normalized spacial score (nSPS) is 11.0. The van der Waals surface area contributed by atoms with Crippen LogP contribution in [0.25, 0.3) is 6.08 Å². The van der Waals surface area contributed by atoms with Gasteiger partial charge in [-0.1, -0.05) is 45.4 Å². The Morgan fingerprint density at radius 2 is 1.93 bits per heavy atom. The van der Waals surface area contributed by atoms with Crippen LogP contribution in [0.15, 0.2) is 23.9 Å². The minimum Gasteiger partial charge on any atom is -0.261 e. The van der Waals surface area contributed by atoms with E-state index >= 15 is 0 Å². The highest BCUT2D eigenvalue weighted by atomic mass is 14.7. The summed E-state index contributed by atoms with van der Waals surface area (Å²) in [7, 11) is 0. The summed E-state index contributed by atoms with van der Waals surface area (Å²) in [6.45, 7) is 12.6. The van der Waals surface area contributed by atoms with Crippen molar-refractivity contribution in [1.29, 1.82) is 0 Å². The smallest absolute Gasteiger partial charge is 0.0444 e. The average Bonchev–Trinajstić information content (AvgIpc) is 2.24. The van der Waals surface area contributed by atoms with Crippen LogP contribution in [0.5, 0.6) is 0 Å². The van der Waals surface area contributed by atoms with E-state index in [1.54, 1.807) is 0 Å². The second-order valence-electron chi connectivity index (χ2n) is 3.72. The fraction of sp³-hybridized carbons (Fsp3) is 0.500. The van der Waals surface area contributed by atoms with Crippen molar-refractivity contribution >= 4 is 6.08 Å². The van der Waals surface area contributed by atoms with E-state index in [4.69, 9.17) is 0 Å². The first-order valence-corrected chi connectivity index (χ1v) is 5.71. The van der Waals surface area contributed by atoms with Gasteiger partial charge in [0.1, 0.15) is 0 Å². The highest BCUT2D eigenvalue weighted by molar-refractivity contribution is 5.54. The van der Waals surface area contributed by atoms with E-state index < -0.39 is 0 Å². The van der Waals surface area contributed by atoms with Gasteiger partial charge in [-0.05, 0) is 31.4 Å². The molecular weight excluding hydrogens is 182 g/mol. The average molecular weight is 205 g/mol. The molecule has 0 aliphatic heterocycles. The first kappa shape index (κ1) is 13.9. The van der Waals surface area contributed by atoms with E-state index in [-0.39, 0.29) is 0 Å². The predicted octanol–water partition coefficient (Wildman–Crippen LogP) is 4.48. The molecule has 0 N–H and O–H groups in total. The number of nitrogens with zero attached hydrogens (tertiary/aromatic N) is 1. The summed E-state index contributed by atoms with van der Waals surface area (Å²) < 4.78 is 0. The molecule has 1 rings (SSSR count). The van der Waals surface area contributed by atoms with Crippen LogP contribution < -0.4 is 0 Å². The monoisotopic (exact) mass is 205 g/mol. The molecule has 1 heteroatoms. The van der Waals surface area contributed by atoms with Gasteiger partial charge in [-0.15, -0.1) is 0 Å². The number of allylic oxidation sites excluding steroid dienone is 1. The zero-order chi connectivity index (χ0) is 11.8. The summed E-state index contributed by atoms with van der Waals surface area (Å²) in [5, 5.41) is 0. The molecule has 0 radical (unpaired) electrons. The lowest BCUT2D eigenvalue weighted by atomic mass is 10.0. The summed E-state index contributed by atoms with van der Waals surface area (Å²) in [6.07, 6.45) is 4.05. The standard InChI is InChI=1S/C12H17N.C2H6/c1-9(2)10(3)8-12-6-5-7-13-11(12)4;1-2/h5-9H,1-4H3;1-2H3/b10-8+;. The van der Waals surface area contributed by atoms with E-state index in [1.165, 1.54) is 11.1 Å². The van der Waals surface area contributed by atoms with E-state index in [0.29, 0.717) is 5.92 Å². The molecule has 0 aliphatic rings. The molecule has 84 valence electrons. The predicted molar refractivity (Wildman–Crippen MR) is 68.8 cm³/mol. The third-order valence-electron chi connectivity index (χ3n) is 2.34. The van der Waals surface area contributed by atoms with Gasteiger partial charge in [-0.3, -0.25) is 4.98 Å². The maximum atomic E-state index is 4.25. The summed E-state index contributed by atoms with van der Waals surface area (Å²) in [5.41, 5.74) is 3.73. The molecule has 0 unspecified atom stereocenters. The van der Waals surface area contributed by atoms with Crippen molar-refractivity contribution in [3.05, 3.63) is 35.2 Å². The third-order valence-corrected chi connectivity index (χ3v) is 2.34. The molecule has 0 aliphatic carbocycles. The minimum atomic E-state index is 0.611. The zero-order valence-electron chi connectivity index (χ0n) is 10.8. The Labute approximate surface area is 94.3 Å². The lowest BCUT2D eigenvalue weighted by Crippen LogP contribution is -1.90. The quantitative estimate of drug-likeness (QED) is 0.694. The van der Waals surface area contributed by atoms with Crippen LogP contribution >= 0.6 is 0 Å². The van der Waals surface area contributed by atoms with Crippen LogP contribution in [0.4, 0.5) is 0 Å². The highest BCUT2D eigenvalue weighted by Crippen LogP contribution is 2.14. The van der Waals surface area contributed by atoms with Crippen LogP contribution in [-0.2, 0) is 0 Å². The first-order chi connectivity index (χ1) is 7.11. The zero-order valence-corrected chi connectivity index (χ0v) is 10.8. The van der Waals surface area contributed by atoms with Crippen LogP contribution in [0, 0.1) is 12.8 Å². The Hall–Kier alpha value is -1.11. The second-order valence-corrected chi connectivity index (χ2v) is 3.72. The van der Waals surface area contributed by atoms with E-state index in [9.17, 15) is 0 Å². The Morgan fingerprint density at radius 3 is 2.40 bits per heavy atom. The lowest BCUT2D eigenvalue weighted by molar-refractivity contribution is 0.775. The fourth-order valence-electron chi connectivity index (χ4n) is 1.06. The SMILES string of the molecule is C/C(=C\c1cccnc1C)C(C)C.CC. The Morgan fingerprint density at radius 1 is 1.33 bits per heavy atom. The van der Waals surface area contributed by atoms with E-state index in [2.05, 4.69) is 37.9 Å². The lowest BCUT2D eigenvalue weighted by Gasteiger charge is -2.05. The van der Waals surface area contributed by atoms with Gasteiger partial charge in [0.05, 0.1) is 0 Å². The largest absolute Gasteiger partial charge is 0.261 e. The second kappa shape index (κ2) is 7.22. The van der Waals surface area contributed by atoms with Gasteiger partial charge in [-0.25, -0.2) is 0 Å². The topological polar surface area (TPSA) is 12.9 Å². The molecule has 1 nitrogen and oxygen atoms in total. The molecule has 0 spiro atoms. The Kier molecular flexibility index (Phi) is 6.68. The molecule has 0 saturated heterocycles. The molecule has 0 atom stereocenters. The maximum Gasteiger partial charge on any atom is 0.0444 e. The number of aryl methyl sites for hydroxylation is 1. The van der Waals surface area contributed by atoms with Gasteiger partial charge in [0.15, 0.2) is 0 Å². The molecule has 1 aromatic heterocycles. The van der Waals surface area contributed by atoms with Crippen molar-refractivity contribution in [2.45, 2.75) is 41.5 Å². The highest BCUT2D eigenvalue weighted by Gasteiger charge is 1.98. The molecule has 0 fully saturated rings. The van der Waals surface area contributed by atoms with Crippen LogP contribution in [0.3, 0.4) is 0 Å². The molecule has 15 heavy (non-hydrogen) atoms. The number of aromatic nitrogens is 1. The molecule has 0 aromatic carbocycles. The molecule has 0 amide bonds. The molecule has 0 saturated carbocycles. The minimum absolute atomic E-state index is 0.611. The van der Waals surface area contributed by atoms with Gasteiger partial charge >= 0.3 is 0 Å². The van der Waals surface area contributed by atoms with E-state index in [1.807, 2.05) is 33.0 Å². The van der Waals surface area contributed by atoms with Crippen LogP contribution in [-0.4, -0.2) is 4.98 Å². The van der Waals surface area contributed by atoms with Crippen molar-refractivity contribution in [1.82, 2.24) is 4.98 Å². The van der Waals surface area contributed by atoms with Gasteiger partial charge in [0, 0.05) is 11.9 Å². The molecule has 1 heterocycles. The summed E-state index contributed by atoms with van der Waals surface area (Å²) >= 11 is 0. The van der Waals surface area contributed by atoms with Crippen LogP contribution in [0.2, 0.25) is 0 Å². The summed E-state index contributed by atoms with van der Waals surface area (Å²) in [5.74, 6) is 0.611. The third kappa shape index (κ3) is 4.78. The van der Waals surface area contributed by atoms with Crippen molar-refractivity contribution in [2.75, 3.05) is 0 Å². The van der Waals surface area contributed by atoms with Gasteiger partial charge in [0.2, 0.25) is 0 Å². The Bertz CT molecular complexity index is 311. The molecular formula is C14H23N. The van der Waals surface area contributed by atoms with Crippen molar-refractivity contribution in [2.24, 2.45) is 5.92 Å². The number of hydrogen-bond acceptors (Lipinski definition) is 1. The van der Waals surface area contributed by atoms with Gasteiger partial charge < -0.3 is 0 Å². The number of rotatable bonds is 2.